The summed E-state index contributed by atoms with van der Waals surface area (Å²) in [7, 11) is 0. The highest BCUT2D eigenvalue weighted by atomic mass is 19.4. The summed E-state index contributed by atoms with van der Waals surface area (Å²) in [6.07, 6.45) is -2.18. The summed E-state index contributed by atoms with van der Waals surface area (Å²) in [5.41, 5.74) is -3.33. The Morgan fingerprint density at radius 1 is 1.06 bits per heavy atom. The molecule has 2 aliphatic rings. The number of nitrogens with zero attached hydrogens (tertiary/aromatic N) is 4. The van der Waals surface area contributed by atoms with E-state index in [-0.39, 0.29) is 50.5 Å². The second-order valence-electron chi connectivity index (χ2n) is 10.00. The van der Waals surface area contributed by atoms with Crippen LogP contribution in [0.15, 0.2) is 24.5 Å². The molecule has 1 aromatic heterocycles. The first-order chi connectivity index (χ1) is 16.7. The van der Waals surface area contributed by atoms with Gasteiger partial charge in [-0.25, -0.2) is 13.2 Å². The zero-order valence-electron chi connectivity index (χ0n) is 19.4. The lowest BCUT2D eigenvalue weighted by Crippen LogP contribution is -2.66. The molecule has 1 atom stereocenters. The molecule has 1 N–H and O–H groups in total. The number of carbonyl (C=O) groups is 2. The zero-order valence-corrected chi connectivity index (χ0v) is 19.4. The van der Waals surface area contributed by atoms with Crippen LogP contribution in [0.5, 0.6) is 0 Å². The van der Waals surface area contributed by atoms with Gasteiger partial charge in [0.25, 0.3) is 5.91 Å². The van der Waals surface area contributed by atoms with Crippen LogP contribution in [-0.2, 0) is 11.3 Å². The molecule has 0 radical (unpaired) electrons. The molecule has 36 heavy (non-hydrogen) atoms. The van der Waals surface area contributed by atoms with Gasteiger partial charge < -0.3 is 14.9 Å². The van der Waals surface area contributed by atoms with Crippen LogP contribution >= 0.6 is 0 Å². The van der Waals surface area contributed by atoms with Crippen molar-refractivity contribution in [3.05, 3.63) is 53.1 Å². The number of amides is 2. The third-order valence-electron chi connectivity index (χ3n) is 7.16. The van der Waals surface area contributed by atoms with Crippen LogP contribution in [0.3, 0.4) is 0 Å². The van der Waals surface area contributed by atoms with Crippen molar-refractivity contribution >= 4 is 11.8 Å². The Morgan fingerprint density at radius 2 is 1.67 bits per heavy atom. The molecule has 13 heteroatoms. The summed E-state index contributed by atoms with van der Waals surface area (Å²) >= 11 is 0. The Hall–Kier alpha value is -3.09. The van der Waals surface area contributed by atoms with Gasteiger partial charge in [0.1, 0.15) is 11.2 Å². The first-order valence-corrected chi connectivity index (χ1v) is 11.1. The molecule has 1 spiro atoms. The zero-order chi connectivity index (χ0) is 26.6. The Kier molecular flexibility index (Phi) is 6.34. The van der Waals surface area contributed by atoms with Gasteiger partial charge in [-0.1, -0.05) is 0 Å². The number of alkyl halides is 3. The molecule has 3 heterocycles. The minimum Gasteiger partial charge on any atom is -0.396 e. The SMILES string of the molecule is CC(C)(C(=O)N1CC2(CN(C(=O)c3cnn(Cc4cc(F)c(F)cc4F)c3)C[C@H]2CO)C1)C(F)(F)F. The fourth-order valence-corrected chi connectivity index (χ4v) is 4.77. The molecule has 2 aliphatic heterocycles. The van der Waals surface area contributed by atoms with Crippen molar-refractivity contribution in [3.63, 3.8) is 0 Å². The summed E-state index contributed by atoms with van der Waals surface area (Å²) in [5.74, 6) is -5.49. The molecule has 1 aromatic carbocycles. The van der Waals surface area contributed by atoms with E-state index in [0.717, 1.165) is 18.7 Å². The molecule has 2 aromatic rings. The smallest absolute Gasteiger partial charge is 0.396 e. The minimum atomic E-state index is -4.72. The van der Waals surface area contributed by atoms with E-state index in [1.165, 1.54) is 22.0 Å². The van der Waals surface area contributed by atoms with Crippen LogP contribution in [0.25, 0.3) is 0 Å². The van der Waals surface area contributed by atoms with Gasteiger partial charge in [0, 0.05) is 61.9 Å². The van der Waals surface area contributed by atoms with Gasteiger partial charge in [-0.05, 0) is 19.9 Å². The number of aromatic nitrogens is 2. The van der Waals surface area contributed by atoms with Crippen molar-refractivity contribution in [1.82, 2.24) is 19.6 Å². The maximum absolute atomic E-state index is 13.9. The van der Waals surface area contributed by atoms with Crippen molar-refractivity contribution in [2.24, 2.45) is 16.7 Å². The molecule has 196 valence electrons. The summed E-state index contributed by atoms with van der Waals surface area (Å²) in [4.78, 5) is 28.0. The van der Waals surface area contributed by atoms with E-state index in [1.807, 2.05) is 0 Å². The Balaban J connectivity index is 1.44. The lowest BCUT2D eigenvalue weighted by Gasteiger charge is -2.52. The average molecular weight is 518 g/mol. The van der Waals surface area contributed by atoms with E-state index >= 15 is 0 Å². The predicted molar refractivity (Wildman–Crippen MR) is 113 cm³/mol. The van der Waals surface area contributed by atoms with Gasteiger partial charge in [0.15, 0.2) is 11.6 Å². The van der Waals surface area contributed by atoms with Crippen LogP contribution in [0.2, 0.25) is 0 Å². The van der Waals surface area contributed by atoms with Gasteiger partial charge in [-0.15, -0.1) is 0 Å². The van der Waals surface area contributed by atoms with Gasteiger partial charge in [-0.2, -0.15) is 18.3 Å². The molecule has 0 aliphatic carbocycles. The van der Waals surface area contributed by atoms with E-state index < -0.39 is 52.2 Å². The average Bonchev–Trinajstić information content (AvgIpc) is 3.39. The first-order valence-electron chi connectivity index (χ1n) is 11.1. The number of benzene rings is 1. The first kappa shape index (κ1) is 26.0. The summed E-state index contributed by atoms with van der Waals surface area (Å²) in [6, 6.07) is 1.12. The van der Waals surface area contributed by atoms with Crippen LogP contribution in [-0.4, -0.2) is 75.5 Å². The second kappa shape index (κ2) is 8.79. The number of likely N-dealkylation sites (tertiary alicyclic amines) is 2. The number of hydrogen-bond acceptors (Lipinski definition) is 4. The summed E-state index contributed by atoms with van der Waals surface area (Å²) in [6.45, 7) is 1.27. The van der Waals surface area contributed by atoms with E-state index in [1.54, 1.807) is 0 Å². The highest BCUT2D eigenvalue weighted by Crippen LogP contribution is 2.47. The van der Waals surface area contributed by atoms with Crippen LogP contribution < -0.4 is 0 Å². The van der Waals surface area contributed by atoms with Gasteiger partial charge >= 0.3 is 6.18 Å². The van der Waals surface area contributed by atoms with Crippen molar-refractivity contribution in [2.75, 3.05) is 32.8 Å². The van der Waals surface area contributed by atoms with Gasteiger partial charge in [-0.3, -0.25) is 14.3 Å². The number of aliphatic hydroxyl groups excluding tert-OH is 1. The molecule has 0 bridgehead atoms. The maximum Gasteiger partial charge on any atom is 0.402 e. The maximum atomic E-state index is 13.9. The number of halogens is 6. The van der Waals surface area contributed by atoms with Gasteiger partial charge in [0.05, 0.1) is 18.3 Å². The fourth-order valence-electron chi connectivity index (χ4n) is 4.77. The van der Waals surface area contributed by atoms with Crippen LogP contribution in [0.4, 0.5) is 26.3 Å². The molecule has 2 amide bonds. The standard InChI is InChI=1S/C23H24F6N4O3/c1-21(2,23(27,28)29)20(36)32-11-22(12-32)10-31(8-15(22)9-34)19(35)14-5-30-33(7-14)6-13-3-17(25)18(26)4-16(13)24/h3-5,7,15,34H,6,8-12H2,1-2H3/t15-/m0/s1. The highest BCUT2D eigenvalue weighted by Gasteiger charge is 2.61. The van der Waals surface area contributed by atoms with Gasteiger partial charge in [0.2, 0.25) is 5.91 Å². The summed E-state index contributed by atoms with van der Waals surface area (Å²) in [5, 5.41) is 13.8. The predicted octanol–water partition coefficient (Wildman–Crippen LogP) is 2.83. The van der Waals surface area contributed by atoms with E-state index in [9.17, 15) is 41.0 Å². The normalized spacial score (nSPS) is 19.6. The Bertz CT molecular complexity index is 1190. The van der Waals surface area contributed by atoms with E-state index in [2.05, 4.69) is 5.10 Å². The Morgan fingerprint density at radius 3 is 2.28 bits per heavy atom. The largest absolute Gasteiger partial charge is 0.402 e. The number of carbonyl (C=O) groups excluding carboxylic acids is 2. The quantitative estimate of drug-likeness (QED) is 0.488. The number of aliphatic hydroxyl groups is 1. The topological polar surface area (TPSA) is 78.7 Å². The molecular formula is C23H24F6N4O3. The molecule has 2 fully saturated rings. The lowest BCUT2D eigenvalue weighted by molar-refractivity contribution is -0.223. The third-order valence-corrected chi connectivity index (χ3v) is 7.16. The molecule has 2 saturated heterocycles. The number of rotatable bonds is 5. The van der Waals surface area contributed by atoms with E-state index in [4.69, 9.17) is 0 Å². The van der Waals surface area contributed by atoms with Crippen molar-refractivity contribution in [1.29, 1.82) is 0 Å². The Labute approximate surface area is 202 Å². The molecular weight excluding hydrogens is 494 g/mol. The summed E-state index contributed by atoms with van der Waals surface area (Å²) < 4.78 is 81.5. The van der Waals surface area contributed by atoms with E-state index in [0.29, 0.717) is 12.1 Å². The molecule has 4 rings (SSSR count). The third kappa shape index (κ3) is 4.33. The molecule has 0 unspecified atom stereocenters. The molecule has 7 nitrogen and oxygen atoms in total. The van der Waals surface area contributed by atoms with Crippen LogP contribution in [0.1, 0.15) is 29.8 Å². The number of hydrogen-bond donors (Lipinski definition) is 1. The van der Waals surface area contributed by atoms with Crippen LogP contribution in [0, 0.1) is 34.2 Å². The monoisotopic (exact) mass is 518 g/mol. The van der Waals surface area contributed by atoms with Crippen molar-refractivity contribution < 1.29 is 41.0 Å². The fraction of sp³-hybridized carbons (Fsp3) is 0.522. The lowest BCUT2D eigenvalue weighted by atomic mass is 9.71. The van der Waals surface area contributed by atoms with Crippen molar-refractivity contribution in [2.45, 2.75) is 26.6 Å². The highest BCUT2D eigenvalue weighted by molar-refractivity contribution is 5.94. The second-order valence-corrected chi connectivity index (χ2v) is 10.00. The van der Waals surface area contributed by atoms with Crippen molar-refractivity contribution in [3.8, 4) is 0 Å². The molecule has 0 saturated carbocycles. The minimum absolute atomic E-state index is 0.0188.